The molecule has 1 unspecified atom stereocenters. The number of aryl methyl sites for hydroxylation is 2. The summed E-state index contributed by atoms with van der Waals surface area (Å²) >= 11 is 0. The van der Waals surface area contributed by atoms with Crippen LogP contribution < -0.4 is 0 Å². The highest BCUT2D eigenvalue weighted by Gasteiger charge is 2.28. The summed E-state index contributed by atoms with van der Waals surface area (Å²) in [5.41, 5.74) is 6.59. The molecule has 1 atom stereocenters. The molecule has 1 aromatic heterocycles. The zero-order valence-corrected chi connectivity index (χ0v) is 14.2. The molecule has 4 rings (SSSR count). The van der Waals surface area contributed by atoms with Gasteiger partial charge in [0.2, 0.25) is 0 Å². The van der Waals surface area contributed by atoms with Crippen molar-refractivity contribution in [1.29, 1.82) is 5.26 Å². The van der Waals surface area contributed by atoms with Gasteiger partial charge in [-0.25, -0.2) is 4.68 Å². The van der Waals surface area contributed by atoms with Gasteiger partial charge in [-0.2, -0.15) is 10.4 Å². The van der Waals surface area contributed by atoms with Gasteiger partial charge < -0.3 is 4.74 Å². The SMILES string of the molecule is Cc1cccc(C#N)c1-c1c2c(nn1C1CCCCO1)CCCC2. The molecule has 0 bridgehead atoms. The molecule has 2 heterocycles. The van der Waals surface area contributed by atoms with Gasteiger partial charge in [-0.05, 0) is 63.5 Å². The Morgan fingerprint density at radius 1 is 1.21 bits per heavy atom. The monoisotopic (exact) mass is 321 g/mol. The lowest BCUT2D eigenvalue weighted by Crippen LogP contribution is -2.20. The van der Waals surface area contributed by atoms with E-state index in [-0.39, 0.29) is 6.23 Å². The molecule has 1 saturated heterocycles. The van der Waals surface area contributed by atoms with Crippen molar-refractivity contribution >= 4 is 0 Å². The fourth-order valence-corrected chi connectivity index (χ4v) is 4.04. The topological polar surface area (TPSA) is 50.8 Å². The summed E-state index contributed by atoms with van der Waals surface area (Å²) in [5.74, 6) is 0. The molecule has 1 aliphatic heterocycles. The van der Waals surface area contributed by atoms with Crippen molar-refractivity contribution in [2.45, 2.75) is 58.1 Å². The third-order valence-electron chi connectivity index (χ3n) is 5.24. The molecule has 0 radical (unpaired) electrons. The van der Waals surface area contributed by atoms with Crippen molar-refractivity contribution < 1.29 is 4.74 Å². The van der Waals surface area contributed by atoms with E-state index in [1.54, 1.807) is 0 Å². The fraction of sp³-hybridized carbons (Fsp3) is 0.500. The number of aromatic nitrogens is 2. The van der Waals surface area contributed by atoms with Crippen LogP contribution in [0.3, 0.4) is 0 Å². The Hall–Kier alpha value is -2.12. The lowest BCUT2D eigenvalue weighted by atomic mass is 9.90. The lowest BCUT2D eigenvalue weighted by Gasteiger charge is -2.25. The summed E-state index contributed by atoms with van der Waals surface area (Å²) in [6.45, 7) is 2.89. The van der Waals surface area contributed by atoms with Crippen molar-refractivity contribution in [3.63, 3.8) is 0 Å². The van der Waals surface area contributed by atoms with Gasteiger partial charge in [0.05, 0.1) is 23.0 Å². The highest BCUT2D eigenvalue weighted by atomic mass is 16.5. The average molecular weight is 321 g/mol. The zero-order chi connectivity index (χ0) is 16.5. The highest BCUT2D eigenvalue weighted by molar-refractivity contribution is 5.74. The molecule has 1 fully saturated rings. The second kappa shape index (κ2) is 6.41. The van der Waals surface area contributed by atoms with Gasteiger partial charge in [0.25, 0.3) is 0 Å². The molecule has 4 heteroatoms. The van der Waals surface area contributed by atoms with Crippen LogP contribution in [0.4, 0.5) is 0 Å². The van der Waals surface area contributed by atoms with E-state index in [9.17, 15) is 5.26 Å². The van der Waals surface area contributed by atoms with E-state index in [1.165, 1.54) is 30.5 Å². The van der Waals surface area contributed by atoms with Gasteiger partial charge in [0.1, 0.15) is 0 Å². The summed E-state index contributed by atoms with van der Waals surface area (Å²) in [6, 6.07) is 8.34. The maximum absolute atomic E-state index is 9.64. The normalized spacial score (nSPS) is 20.4. The zero-order valence-electron chi connectivity index (χ0n) is 14.2. The minimum atomic E-state index is 0.00509. The quantitative estimate of drug-likeness (QED) is 0.828. The van der Waals surface area contributed by atoms with E-state index in [2.05, 4.69) is 23.7 Å². The van der Waals surface area contributed by atoms with E-state index in [1.807, 2.05) is 12.1 Å². The van der Waals surface area contributed by atoms with Crippen LogP contribution in [-0.2, 0) is 17.6 Å². The minimum absolute atomic E-state index is 0.00509. The summed E-state index contributed by atoms with van der Waals surface area (Å²) in [7, 11) is 0. The van der Waals surface area contributed by atoms with Gasteiger partial charge >= 0.3 is 0 Å². The van der Waals surface area contributed by atoms with Gasteiger partial charge in [0, 0.05) is 17.7 Å². The first-order chi connectivity index (χ1) is 11.8. The van der Waals surface area contributed by atoms with Crippen LogP contribution in [0.15, 0.2) is 18.2 Å². The summed E-state index contributed by atoms with van der Waals surface area (Å²) in [4.78, 5) is 0. The van der Waals surface area contributed by atoms with E-state index in [0.717, 1.165) is 54.7 Å². The predicted molar refractivity (Wildman–Crippen MR) is 92.6 cm³/mol. The molecule has 0 amide bonds. The van der Waals surface area contributed by atoms with Crippen molar-refractivity contribution in [3.8, 4) is 17.3 Å². The number of benzene rings is 1. The molecular weight excluding hydrogens is 298 g/mol. The Labute approximate surface area is 143 Å². The molecule has 24 heavy (non-hydrogen) atoms. The lowest BCUT2D eigenvalue weighted by molar-refractivity contribution is -0.0385. The summed E-state index contributed by atoms with van der Waals surface area (Å²) in [6.07, 6.45) is 7.80. The van der Waals surface area contributed by atoms with Gasteiger partial charge in [0.15, 0.2) is 6.23 Å². The van der Waals surface area contributed by atoms with Crippen LogP contribution >= 0.6 is 0 Å². The molecule has 2 aromatic rings. The standard InChI is InChI=1S/C20H23N3O/c1-14-7-6-8-15(13-21)19(14)20-16-9-2-3-10-17(16)22-23(20)18-11-4-5-12-24-18/h6-8,18H,2-5,9-12H2,1H3. The van der Waals surface area contributed by atoms with E-state index in [4.69, 9.17) is 9.84 Å². The first kappa shape index (κ1) is 15.4. The van der Waals surface area contributed by atoms with Crippen LogP contribution in [0.5, 0.6) is 0 Å². The van der Waals surface area contributed by atoms with Crippen molar-refractivity contribution in [3.05, 3.63) is 40.6 Å². The number of rotatable bonds is 2. The van der Waals surface area contributed by atoms with Crippen LogP contribution in [0, 0.1) is 18.3 Å². The fourth-order valence-electron chi connectivity index (χ4n) is 4.04. The number of nitrogens with zero attached hydrogens (tertiary/aromatic N) is 3. The molecular formula is C20H23N3O. The molecule has 124 valence electrons. The summed E-state index contributed by atoms with van der Waals surface area (Å²) in [5, 5.41) is 14.6. The van der Waals surface area contributed by atoms with Gasteiger partial charge in [-0.3, -0.25) is 0 Å². The maximum Gasteiger partial charge on any atom is 0.150 e. The second-order valence-corrected chi connectivity index (χ2v) is 6.86. The van der Waals surface area contributed by atoms with Crippen LogP contribution in [0.1, 0.15) is 60.7 Å². The Balaban J connectivity index is 1.94. The summed E-state index contributed by atoms with van der Waals surface area (Å²) < 4.78 is 8.13. The first-order valence-corrected chi connectivity index (χ1v) is 9.01. The van der Waals surface area contributed by atoms with Crippen LogP contribution in [0.2, 0.25) is 0 Å². The Morgan fingerprint density at radius 2 is 2.08 bits per heavy atom. The number of nitriles is 1. The van der Waals surface area contributed by atoms with E-state index in [0.29, 0.717) is 0 Å². The molecule has 0 spiro atoms. The molecule has 0 N–H and O–H groups in total. The maximum atomic E-state index is 9.64. The number of fused-ring (bicyclic) bond motifs is 1. The molecule has 1 aliphatic carbocycles. The molecule has 4 nitrogen and oxygen atoms in total. The Morgan fingerprint density at radius 3 is 2.88 bits per heavy atom. The van der Waals surface area contributed by atoms with Crippen molar-refractivity contribution in [1.82, 2.24) is 9.78 Å². The Bertz CT molecular complexity index is 794. The average Bonchev–Trinajstić information content (AvgIpc) is 3.01. The number of hydrogen-bond acceptors (Lipinski definition) is 3. The van der Waals surface area contributed by atoms with Crippen LogP contribution in [-0.4, -0.2) is 16.4 Å². The first-order valence-electron chi connectivity index (χ1n) is 9.01. The van der Waals surface area contributed by atoms with Gasteiger partial charge in [-0.1, -0.05) is 12.1 Å². The Kier molecular flexibility index (Phi) is 4.12. The highest BCUT2D eigenvalue weighted by Crippen LogP contribution is 2.38. The second-order valence-electron chi connectivity index (χ2n) is 6.86. The third-order valence-corrected chi connectivity index (χ3v) is 5.24. The predicted octanol–water partition coefficient (Wildman–Crippen LogP) is 4.31. The largest absolute Gasteiger partial charge is 0.356 e. The molecule has 1 aromatic carbocycles. The molecule has 2 aliphatic rings. The number of ether oxygens (including phenoxy) is 1. The third kappa shape index (κ3) is 2.53. The van der Waals surface area contributed by atoms with Crippen LogP contribution in [0.25, 0.3) is 11.3 Å². The van der Waals surface area contributed by atoms with E-state index >= 15 is 0 Å². The molecule has 0 saturated carbocycles. The van der Waals surface area contributed by atoms with Gasteiger partial charge in [-0.15, -0.1) is 0 Å². The van der Waals surface area contributed by atoms with E-state index < -0.39 is 0 Å². The van der Waals surface area contributed by atoms with Crippen molar-refractivity contribution in [2.75, 3.05) is 6.61 Å². The number of hydrogen-bond donors (Lipinski definition) is 0. The minimum Gasteiger partial charge on any atom is -0.356 e. The smallest absolute Gasteiger partial charge is 0.150 e. The van der Waals surface area contributed by atoms with Crippen molar-refractivity contribution in [2.24, 2.45) is 0 Å².